The Morgan fingerprint density at radius 1 is 1.06 bits per heavy atom. The number of halogens is 1. The van der Waals surface area contributed by atoms with Crippen LogP contribution >= 0.6 is 11.6 Å². The van der Waals surface area contributed by atoms with E-state index in [4.69, 9.17) is 11.6 Å². The molecule has 0 aliphatic rings. The Balaban J connectivity index is 1.99. The fraction of sp³-hybridized carbons (Fsp3) is 0. The maximum atomic E-state index is 11.5. The normalized spacial score (nSPS) is 10.5. The monoisotopic (exact) mass is 259 g/mol. The fourth-order valence-electron chi connectivity index (χ4n) is 1.31. The second-order valence-electron chi connectivity index (χ2n) is 3.48. The van der Waals surface area contributed by atoms with Crippen LogP contribution in [0.1, 0.15) is 0 Å². The number of hydrogen-bond acceptors (Lipinski definition) is 2. The molecule has 0 saturated heterocycles. The lowest BCUT2D eigenvalue weighted by Crippen LogP contribution is -2.04. The van der Waals surface area contributed by atoms with Gasteiger partial charge in [-0.25, -0.2) is 4.79 Å². The van der Waals surface area contributed by atoms with Gasteiger partial charge >= 0.3 is 6.03 Å². The van der Waals surface area contributed by atoms with Crippen molar-refractivity contribution < 1.29 is 4.79 Å². The molecule has 0 aromatic heterocycles. The standard InChI is InChI=1S/C13H10ClN3O/c14-10-5-4-8-12(9-10)15-13(18)17-16-11-6-2-1-3-7-11/h1-9H,(H,15,18). The van der Waals surface area contributed by atoms with E-state index in [0.717, 1.165) is 0 Å². The molecule has 1 N–H and O–H groups in total. The molecule has 0 bridgehead atoms. The highest BCUT2D eigenvalue weighted by Crippen LogP contribution is 2.15. The van der Waals surface area contributed by atoms with Crippen LogP contribution in [-0.2, 0) is 0 Å². The number of urea groups is 1. The van der Waals surface area contributed by atoms with Gasteiger partial charge in [0.1, 0.15) is 0 Å². The molecule has 0 aliphatic carbocycles. The third-order valence-corrected chi connectivity index (χ3v) is 2.32. The number of nitrogens with one attached hydrogen (secondary N) is 1. The maximum absolute atomic E-state index is 11.5. The fourth-order valence-corrected chi connectivity index (χ4v) is 1.50. The third-order valence-electron chi connectivity index (χ3n) is 2.09. The largest absolute Gasteiger partial charge is 0.364 e. The molecular weight excluding hydrogens is 250 g/mol. The molecule has 0 heterocycles. The number of amides is 2. The topological polar surface area (TPSA) is 53.8 Å². The quantitative estimate of drug-likeness (QED) is 0.784. The van der Waals surface area contributed by atoms with Gasteiger partial charge in [0.15, 0.2) is 0 Å². The summed E-state index contributed by atoms with van der Waals surface area (Å²) in [6.07, 6.45) is 0. The van der Waals surface area contributed by atoms with Crippen molar-refractivity contribution in [1.82, 2.24) is 0 Å². The van der Waals surface area contributed by atoms with Crippen molar-refractivity contribution in [2.45, 2.75) is 0 Å². The van der Waals surface area contributed by atoms with Crippen molar-refractivity contribution in [2.75, 3.05) is 5.32 Å². The minimum Gasteiger partial charge on any atom is -0.305 e. The number of azo groups is 1. The van der Waals surface area contributed by atoms with Gasteiger partial charge in [-0.2, -0.15) is 0 Å². The Bertz CT molecular complexity index is 569. The number of hydrogen-bond donors (Lipinski definition) is 1. The first-order chi connectivity index (χ1) is 8.74. The number of nitrogens with zero attached hydrogens (tertiary/aromatic N) is 2. The minimum absolute atomic E-state index is 0.541. The molecule has 0 saturated carbocycles. The van der Waals surface area contributed by atoms with E-state index in [-0.39, 0.29) is 0 Å². The van der Waals surface area contributed by atoms with Gasteiger partial charge in [0.2, 0.25) is 0 Å². The zero-order valence-electron chi connectivity index (χ0n) is 9.38. The summed E-state index contributed by atoms with van der Waals surface area (Å²) in [6, 6.07) is 15.3. The maximum Gasteiger partial charge on any atom is 0.364 e. The molecule has 2 aromatic rings. The van der Waals surface area contributed by atoms with Crippen LogP contribution in [0.3, 0.4) is 0 Å². The molecule has 18 heavy (non-hydrogen) atoms. The molecule has 0 atom stereocenters. The summed E-state index contributed by atoms with van der Waals surface area (Å²) in [4.78, 5) is 11.5. The molecule has 2 amide bonds. The molecule has 4 nitrogen and oxygen atoms in total. The number of anilines is 1. The first-order valence-electron chi connectivity index (χ1n) is 5.27. The second-order valence-corrected chi connectivity index (χ2v) is 3.91. The number of carbonyl (C=O) groups excluding carboxylic acids is 1. The Morgan fingerprint density at radius 2 is 1.83 bits per heavy atom. The van der Waals surface area contributed by atoms with Gasteiger partial charge in [0.25, 0.3) is 0 Å². The lowest BCUT2D eigenvalue weighted by atomic mass is 10.3. The average Bonchev–Trinajstić information content (AvgIpc) is 2.38. The molecule has 0 unspecified atom stereocenters. The van der Waals surface area contributed by atoms with Crippen molar-refractivity contribution >= 4 is 29.0 Å². The van der Waals surface area contributed by atoms with Gasteiger partial charge in [-0.15, -0.1) is 5.11 Å². The molecule has 5 heteroatoms. The minimum atomic E-state index is -0.541. The van der Waals surface area contributed by atoms with Crippen molar-refractivity contribution in [3.8, 4) is 0 Å². The summed E-state index contributed by atoms with van der Waals surface area (Å²) in [6.45, 7) is 0. The summed E-state index contributed by atoms with van der Waals surface area (Å²) in [5.41, 5.74) is 1.21. The SMILES string of the molecule is O=C(N=Nc1ccccc1)Nc1cccc(Cl)c1. The smallest absolute Gasteiger partial charge is 0.305 e. The van der Waals surface area contributed by atoms with E-state index in [0.29, 0.717) is 16.4 Å². The lowest BCUT2D eigenvalue weighted by molar-refractivity contribution is 0.258. The van der Waals surface area contributed by atoms with Crippen LogP contribution in [0.25, 0.3) is 0 Å². The first kappa shape index (κ1) is 12.3. The lowest BCUT2D eigenvalue weighted by Gasteiger charge is -2.00. The van der Waals surface area contributed by atoms with E-state index in [1.807, 2.05) is 18.2 Å². The molecule has 0 aliphatic heterocycles. The number of carbonyl (C=O) groups is 1. The van der Waals surface area contributed by atoms with Crippen LogP contribution in [-0.4, -0.2) is 6.03 Å². The van der Waals surface area contributed by atoms with Crippen LogP contribution in [0, 0.1) is 0 Å². The van der Waals surface area contributed by atoms with E-state index in [1.54, 1.807) is 36.4 Å². The summed E-state index contributed by atoms with van der Waals surface area (Å²) < 4.78 is 0. The van der Waals surface area contributed by atoms with Crippen LogP contribution in [0.15, 0.2) is 64.8 Å². The van der Waals surface area contributed by atoms with E-state index in [1.165, 1.54) is 0 Å². The molecule has 90 valence electrons. The average molecular weight is 260 g/mol. The van der Waals surface area contributed by atoms with Gasteiger partial charge in [-0.05, 0) is 30.3 Å². The van der Waals surface area contributed by atoms with E-state index in [2.05, 4.69) is 15.5 Å². The molecule has 0 fully saturated rings. The van der Waals surface area contributed by atoms with E-state index < -0.39 is 6.03 Å². The predicted octanol–water partition coefficient (Wildman–Crippen LogP) is 4.66. The van der Waals surface area contributed by atoms with Crippen LogP contribution in [0.4, 0.5) is 16.2 Å². The Labute approximate surface area is 109 Å². The highest BCUT2D eigenvalue weighted by atomic mass is 35.5. The number of benzene rings is 2. The highest BCUT2D eigenvalue weighted by Gasteiger charge is 2.00. The Hall–Kier alpha value is -2.20. The molecule has 0 spiro atoms. The Kier molecular flexibility index (Phi) is 4.04. The zero-order valence-corrected chi connectivity index (χ0v) is 10.1. The highest BCUT2D eigenvalue weighted by molar-refractivity contribution is 6.30. The van der Waals surface area contributed by atoms with E-state index >= 15 is 0 Å². The Morgan fingerprint density at radius 3 is 2.56 bits per heavy atom. The van der Waals surface area contributed by atoms with Gasteiger partial charge in [0, 0.05) is 10.7 Å². The molecule has 2 aromatic carbocycles. The second kappa shape index (κ2) is 5.93. The zero-order chi connectivity index (χ0) is 12.8. The molecule has 0 radical (unpaired) electrons. The summed E-state index contributed by atoms with van der Waals surface area (Å²) >= 11 is 5.80. The van der Waals surface area contributed by atoms with Crippen LogP contribution < -0.4 is 5.32 Å². The third kappa shape index (κ3) is 3.68. The summed E-state index contributed by atoms with van der Waals surface area (Å²) in [7, 11) is 0. The molecular formula is C13H10ClN3O. The first-order valence-corrected chi connectivity index (χ1v) is 5.65. The van der Waals surface area contributed by atoms with Gasteiger partial charge in [-0.3, -0.25) is 0 Å². The summed E-state index contributed by atoms with van der Waals surface area (Å²) in [5, 5.41) is 10.5. The van der Waals surface area contributed by atoms with Crippen molar-refractivity contribution in [3.63, 3.8) is 0 Å². The van der Waals surface area contributed by atoms with Crippen molar-refractivity contribution in [1.29, 1.82) is 0 Å². The van der Waals surface area contributed by atoms with Gasteiger partial charge in [-0.1, -0.05) is 41.0 Å². The predicted molar refractivity (Wildman–Crippen MR) is 71.4 cm³/mol. The van der Waals surface area contributed by atoms with E-state index in [9.17, 15) is 4.79 Å². The number of rotatable bonds is 2. The van der Waals surface area contributed by atoms with Gasteiger partial charge < -0.3 is 5.32 Å². The van der Waals surface area contributed by atoms with Crippen LogP contribution in [0.5, 0.6) is 0 Å². The van der Waals surface area contributed by atoms with Crippen LogP contribution in [0.2, 0.25) is 5.02 Å². The van der Waals surface area contributed by atoms with Crippen molar-refractivity contribution in [3.05, 3.63) is 59.6 Å². The van der Waals surface area contributed by atoms with Crippen molar-refractivity contribution in [2.24, 2.45) is 10.2 Å². The molecule has 2 rings (SSSR count). The van der Waals surface area contributed by atoms with Gasteiger partial charge in [0.05, 0.1) is 5.69 Å². The summed E-state index contributed by atoms with van der Waals surface area (Å²) in [5.74, 6) is 0.